The zero-order valence-electron chi connectivity index (χ0n) is 13.1. The van der Waals surface area contributed by atoms with E-state index in [-0.39, 0.29) is 22.9 Å². The van der Waals surface area contributed by atoms with Gasteiger partial charge >= 0.3 is 0 Å². The van der Waals surface area contributed by atoms with Crippen LogP contribution < -0.4 is 10.7 Å². The molecule has 5 heteroatoms. The molecular weight excluding hydrogens is 300 g/mol. The quantitative estimate of drug-likeness (QED) is 0.915. The number of fused-ring (bicyclic) bond motifs is 1. The molecule has 1 N–H and O–H groups in total. The van der Waals surface area contributed by atoms with Gasteiger partial charge < -0.3 is 9.88 Å². The predicted molar refractivity (Wildman–Crippen MR) is 90.7 cm³/mol. The molecule has 22 heavy (non-hydrogen) atoms. The van der Waals surface area contributed by atoms with Crippen molar-refractivity contribution in [1.82, 2.24) is 9.88 Å². The standard InChI is InChI=1S/C17H21ClN2O2/c1-4-6-11(3)19-17(22)14-10-20(5-2)15-8-7-12(18)9-13(15)16(14)21/h7-11H,4-6H2,1-3H3,(H,19,22)/t11-/m1/s1. The van der Waals surface area contributed by atoms with Gasteiger partial charge in [-0.1, -0.05) is 24.9 Å². The monoisotopic (exact) mass is 320 g/mol. The molecule has 0 aliphatic carbocycles. The van der Waals surface area contributed by atoms with Crippen molar-refractivity contribution in [2.24, 2.45) is 0 Å². The van der Waals surface area contributed by atoms with E-state index in [0.29, 0.717) is 17.0 Å². The largest absolute Gasteiger partial charge is 0.349 e. The minimum atomic E-state index is -0.324. The number of rotatable bonds is 5. The minimum absolute atomic E-state index is 0.0436. The van der Waals surface area contributed by atoms with Crippen LogP contribution in [0.15, 0.2) is 29.2 Å². The van der Waals surface area contributed by atoms with Crippen LogP contribution in [-0.2, 0) is 6.54 Å². The van der Waals surface area contributed by atoms with Crippen LogP contribution in [-0.4, -0.2) is 16.5 Å². The lowest BCUT2D eigenvalue weighted by molar-refractivity contribution is 0.0936. The number of halogens is 1. The molecule has 1 aromatic carbocycles. The van der Waals surface area contributed by atoms with Crippen LogP contribution in [0.5, 0.6) is 0 Å². The Morgan fingerprint density at radius 1 is 1.36 bits per heavy atom. The van der Waals surface area contributed by atoms with E-state index in [2.05, 4.69) is 12.2 Å². The van der Waals surface area contributed by atoms with Crippen molar-refractivity contribution >= 4 is 28.4 Å². The van der Waals surface area contributed by atoms with Crippen LogP contribution >= 0.6 is 11.6 Å². The molecule has 118 valence electrons. The minimum Gasteiger partial charge on any atom is -0.349 e. The van der Waals surface area contributed by atoms with E-state index in [4.69, 9.17) is 11.6 Å². The summed E-state index contributed by atoms with van der Waals surface area (Å²) in [5.74, 6) is -0.324. The SMILES string of the molecule is CCC[C@@H](C)NC(=O)c1cn(CC)c2ccc(Cl)cc2c1=O. The van der Waals surface area contributed by atoms with Gasteiger partial charge in [-0.3, -0.25) is 9.59 Å². The molecule has 0 saturated carbocycles. The number of carbonyl (C=O) groups is 1. The highest BCUT2D eigenvalue weighted by Crippen LogP contribution is 2.17. The van der Waals surface area contributed by atoms with Gasteiger partial charge in [-0.2, -0.15) is 0 Å². The number of hydrogen-bond donors (Lipinski definition) is 1. The molecule has 0 radical (unpaired) electrons. The highest BCUT2D eigenvalue weighted by atomic mass is 35.5. The fourth-order valence-corrected chi connectivity index (χ4v) is 2.77. The van der Waals surface area contributed by atoms with Gasteiger partial charge in [0.05, 0.1) is 5.52 Å². The molecule has 1 heterocycles. The number of pyridine rings is 1. The molecule has 2 aromatic rings. The van der Waals surface area contributed by atoms with Crippen molar-refractivity contribution in [1.29, 1.82) is 0 Å². The summed E-state index contributed by atoms with van der Waals surface area (Å²) >= 11 is 5.99. The van der Waals surface area contributed by atoms with Crippen LogP contribution in [0.25, 0.3) is 10.9 Å². The van der Waals surface area contributed by atoms with Gasteiger partial charge in [-0.25, -0.2) is 0 Å². The second-order valence-electron chi connectivity index (χ2n) is 5.48. The number of nitrogens with one attached hydrogen (secondary N) is 1. The molecule has 1 aromatic heterocycles. The van der Waals surface area contributed by atoms with E-state index in [9.17, 15) is 9.59 Å². The maximum Gasteiger partial charge on any atom is 0.256 e. The zero-order chi connectivity index (χ0) is 16.3. The summed E-state index contributed by atoms with van der Waals surface area (Å²) in [6.45, 7) is 6.64. The fourth-order valence-electron chi connectivity index (χ4n) is 2.60. The molecule has 0 bridgehead atoms. The molecular formula is C17H21ClN2O2. The summed E-state index contributed by atoms with van der Waals surface area (Å²) in [7, 11) is 0. The van der Waals surface area contributed by atoms with Crippen LogP contribution in [0.1, 0.15) is 44.0 Å². The normalized spacial score (nSPS) is 12.4. The van der Waals surface area contributed by atoms with Gasteiger partial charge in [0.25, 0.3) is 5.91 Å². The summed E-state index contributed by atoms with van der Waals surface area (Å²) in [5, 5.41) is 3.85. The van der Waals surface area contributed by atoms with E-state index < -0.39 is 0 Å². The Kier molecular flexibility index (Phi) is 5.24. The number of aromatic nitrogens is 1. The van der Waals surface area contributed by atoms with Gasteiger partial charge in [-0.05, 0) is 38.5 Å². The van der Waals surface area contributed by atoms with Crippen LogP contribution in [0.3, 0.4) is 0 Å². The number of carbonyl (C=O) groups excluding carboxylic acids is 1. The average molecular weight is 321 g/mol. The third-order valence-corrected chi connectivity index (χ3v) is 3.96. The maximum absolute atomic E-state index is 12.6. The van der Waals surface area contributed by atoms with Gasteiger partial charge in [0.15, 0.2) is 0 Å². The lowest BCUT2D eigenvalue weighted by Crippen LogP contribution is -2.35. The predicted octanol–water partition coefficient (Wildman–Crippen LogP) is 3.59. The van der Waals surface area contributed by atoms with E-state index >= 15 is 0 Å². The number of amides is 1. The lowest BCUT2D eigenvalue weighted by Gasteiger charge is -2.15. The van der Waals surface area contributed by atoms with E-state index in [1.165, 1.54) is 0 Å². The Morgan fingerprint density at radius 3 is 2.73 bits per heavy atom. The highest BCUT2D eigenvalue weighted by Gasteiger charge is 2.16. The third-order valence-electron chi connectivity index (χ3n) is 3.73. The number of benzene rings is 1. The highest BCUT2D eigenvalue weighted by molar-refractivity contribution is 6.31. The van der Waals surface area contributed by atoms with E-state index in [1.807, 2.05) is 24.5 Å². The van der Waals surface area contributed by atoms with E-state index in [1.54, 1.807) is 18.3 Å². The molecule has 2 rings (SSSR count). The first-order valence-corrected chi connectivity index (χ1v) is 7.99. The van der Waals surface area contributed by atoms with E-state index in [0.717, 1.165) is 18.4 Å². The first kappa shape index (κ1) is 16.6. The Balaban J connectivity index is 2.52. The summed E-state index contributed by atoms with van der Waals surface area (Å²) in [4.78, 5) is 25.0. The second-order valence-corrected chi connectivity index (χ2v) is 5.92. The Hall–Kier alpha value is -1.81. The molecule has 0 aliphatic rings. The molecule has 1 atom stereocenters. The smallest absolute Gasteiger partial charge is 0.256 e. The molecule has 0 fully saturated rings. The fraction of sp³-hybridized carbons (Fsp3) is 0.412. The molecule has 0 unspecified atom stereocenters. The topological polar surface area (TPSA) is 51.1 Å². The Morgan fingerprint density at radius 2 is 2.09 bits per heavy atom. The van der Waals surface area contributed by atoms with Crippen molar-refractivity contribution in [3.8, 4) is 0 Å². The molecule has 1 amide bonds. The number of aryl methyl sites for hydroxylation is 1. The number of nitrogens with zero attached hydrogens (tertiary/aromatic N) is 1. The summed E-state index contributed by atoms with van der Waals surface area (Å²) in [6, 6.07) is 5.22. The van der Waals surface area contributed by atoms with Crippen LogP contribution in [0.2, 0.25) is 5.02 Å². The number of hydrogen-bond acceptors (Lipinski definition) is 2. The van der Waals surface area contributed by atoms with Gasteiger partial charge in [0, 0.05) is 29.2 Å². The lowest BCUT2D eigenvalue weighted by atomic mass is 10.1. The van der Waals surface area contributed by atoms with Crippen molar-refractivity contribution in [2.45, 2.75) is 46.2 Å². The Labute approximate surface area is 135 Å². The van der Waals surface area contributed by atoms with Gasteiger partial charge in [0.2, 0.25) is 5.43 Å². The maximum atomic E-state index is 12.6. The van der Waals surface area contributed by atoms with Gasteiger partial charge in [-0.15, -0.1) is 0 Å². The third kappa shape index (κ3) is 3.33. The van der Waals surface area contributed by atoms with Crippen molar-refractivity contribution in [3.05, 3.63) is 45.2 Å². The molecule has 4 nitrogen and oxygen atoms in total. The zero-order valence-corrected chi connectivity index (χ0v) is 13.9. The van der Waals surface area contributed by atoms with Crippen LogP contribution in [0, 0.1) is 0 Å². The molecule has 0 aliphatic heterocycles. The summed E-state index contributed by atoms with van der Waals surface area (Å²) in [6.07, 6.45) is 3.49. The van der Waals surface area contributed by atoms with Crippen molar-refractivity contribution in [3.63, 3.8) is 0 Å². The first-order chi connectivity index (χ1) is 10.5. The summed E-state index contributed by atoms with van der Waals surface area (Å²) < 4.78 is 1.90. The van der Waals surface area contributed by atoms with Crippen LogP contribution in [0.4, 0.5) is 0 Å². The first-order valence-electron chi connectivity index (χ1n) is 7.61. The average Bonchev–Trinajstić information content (AvgIpc) is 2.48. The van der Waals surface area contributed by atoms with Crippen molar-refractivity contribution < 1.29 is 4.79 Å². The Bertz CT molecular complexity index is 752. The molecule has 0 saturated heterocycles. The van der Waals surface area contributed by atoms with Gasteiger partial charge in [0.1, 0.15) is 5.56 Å². The van der Waals surface area contributed by atoms with Crippen molar-refractivity contribution in [2.75, 3.05) is 0 Å². The molecule has 0 spiro atoms. The second kappa shape index (κ2) is 6.97. The summed E-state index contributed by atoms with van der Waals surface area (Å²) in [5.41, 5.74) is 0.679.